The number of rotatable bonds is 10. The van der Waals surface area contributed by atoms with E-state index >= 15 is 0 Å². The van der Waals surface area contributed by atoms with Gasteiger partial charge in [-0.3, -0.25) is 0 Å². The van der Waals surface area contributed by atoms with Crippen LogP contribution < -0.4 is 10.1 Å². The normalized spacial score (nSPS) is 10.8. The van der Waals surface area contributed by atoms with E-state index in [1.165, 1.54) is 10.4 Å². The first-order chi connectivity index (χ1) is 12.3. The number of benzene rings is 1. The molecular formula is C18H21N3OS3. The Balaban J connectivity index is 1.30. The molecule has 0 bridgehead atoms. The fraction of sp³-hybridized carbons (Fsp3) is 0.333. The number of thioether (sulfide) groups is 1. The van der Waals surface area contributed by atoms with Gasteiger partial charge in [-0.25, -0.2) is 0 Å². The highest BCUT2D eigenvalue weighted by Gasteiger charge is 2.04. The van der Waals surface area contributed by atoms with Crippen LogP contribution in [0.25, 0.3) is 0 Å². The van der Waals surface area contributed by atoms with Gasteiger partial charge in [-0.05, 0) is 48.9 Å². The fourth-order valence-corrected chi connectivity index (χ4v) is 4.67. The van der Waals surface area contributed by atoms with E-state index < -0.39 is 0 Å². The van der Waals surface area contributed by atoms with Gasteiger partial charge in [0, 0.05) is 17.2 Å². The van der Waals surface area contributed by atoms with Crippen molar-refractivity contribution in [3.8, 4) is 5.75 Å². The number of aryl methyl sites for hydroxylation is 1. The number of nitrogens with one attached hydrogen (secondary N) is 1. The summed E-state index contributed by atoms with van der Waals surface area (Å²) in [4.78, 5) is 1.39. The molecule has 3 aromatic rings. The van der Waals surface area contributed by atoms with Crippen molar-refractivity contribution in [2.24, 2.45) is 0 Å². The van der Waals surface area contributed by atoms with Crippen molar-refractivity contribution in [3.05, 3.63) is 52.2 Å². The Kier molecular flexibility index (Phi) is 7.14. The molecule has 25 heavy (non-hydrogen) atoms. The smallest absolute Gasteiger partial charge is 0.206 e. The van der Waals surface area contributed by atoms with Crippen LogP contribution in [0.1, 0.15) is 16.9 Å². The molecule has 0 aliphatic carbocycles. The lowest BCUT2D eigenvalue weighted by Gasteiger charge is -2.05. The highest BCUT2D eigenvalue weighted by Crippen LogP contribution is 2.26. The van der Waals surface area contributed by atoms with Gasteiger partial charge in [-0.1, -0.05) is 41.3 Å². The van der Waals surface area contributed by atoms with Gasteiger partial charge in [-0.15, -0.1) is 21.5 Å². The highest BCUT2D eigenvalue weighted by atomic mass is 32.2. The maximum Gasteiger partial charge on any atom is 0.206 e. The van der Waals surface area contributed by atoms with Crippen molar-refractivity contribution in [2.75, 3.05) is 24.2 Å². The average molecular weight is 392 g/mol. The van der Waals surface area contributed by atoms with Crippen molar-refractivity contribution >= 4 is 39.6 Å². The van der Waals surface area contributed by atoms with Crippen molar-refractivity contribution in [1.29, 1.82) is 0 Å². The van der Waals surface area contributed by atoms with Crippen LogP contribution >= 0.6 is 34.4 Å². The van der Waals surface area contributed by atoms with Crippen molar-refractivity contribution in [3.63, 3.8) is 0 Å². The lowest BCUT2D eigenvalue weighted by molar-refractivity contribution is 0.318. The molecule has 0 saturated heterocycles. The van der Waals surface area contributed by atoms with Gasteiger partial charge in [0.1, 0.15) is 5.75 Å². The van der Waals surface area contributed by atoms with Gasteiger partial charge < -0.3 is 10.1 Å². The molecule has 132 valence electrons. The molecule has 1 aromatic carbocycles. The molecule has 7 heteroatoms. The second-order valence-corrected chi connectivity index (χ2v) is 8.85. The Morgan fingerprint density at radius 1 is 1.20 bits per heavy atom. The summed E-state index contributed by atoms with van der Waals surface area (Å²) in [6.45, 7) is 3.69. The summed E-state index contributed by atoms with van der Waals surface area (Å²) in [5, 5.41) is 14.8. The van der Waals surface area contributed by atoms with Crippen LogP contribution in [0.15, 0.2) is 46.1 Å². The molecule has 0 fully saturated rings. The molecule has 2 aromatic heterocycles. The van der Waals surface area contributed by atoms with Crippen LogP contribution in [0.4, 0.5) is 5.13 Å². The van der Waals surface area contributed by atoms with Crippen LogP contribution in [0, 0.1) is 6.92 Å². The summed E-state index contributed by atoms with van der Waals surface area (Å²) in [5.74, 6) is 1.92. The molecule has 4 nitrogen and oxygen atoms in total. The van der Waals surface area contributed by atoms with E-state index in [0.29, 0.717) is 0 Å². The van der Waals surface area contributed by atoms with E-state index in [4.69, 9.17) is 4.74 Å². The van der Waals surface area contributed by atoms with Crippen molar-refractivity contribution < 1.29 is 4.74 Å². The number of nitrogens with zero attached hydrogens (tertiary/aromatic N) is 2. The maximum atomic E-state index is 5.76. The van der Waals surface area contributed by atoms with Gasteiger partial charge >= 0.3 is 0 Å². The topological polar surface area (TPSA) is 47.0 Å². The first-order valence-corrected chi connectivity index (χ1v) is 10.9. The SMILES string of the molecule is Cc1cccc(OCCCSc2nnc(NCCc3cccs3)s2)c1. The van der Waals surface area contributed by atoms with Crippen LogP contribution in [0.2, 0.25) is 0 Å². The predicted molar refractivity (Wildman–Crippen MR) is 108 cm³/mol. The lowest BCUT2D eigenvalue weighted by atomic mass is 10.2. The Morgan fingerprint density at radius 3 is 3.00 bits per heavy atom. The summed E-state index contributed by atoms with van der Waals surface area (Å²) >= 11 is 5.15. The molecule has 0 unspecified atom stereocenters. The molecular weight excluding hydrogens is 370 g/mol. The van der Waals surface area contributed by atoms with Crippen molar-refractivity contribution in [1.82, 2.24) is 10.2 Å². The van der Waals surface area contributed by atoms with E-state index in [9.17, 15) is 0 Å². The number of ether oxygens (including phenoxy) is 1. The van der Waals surface area contributed by atoms with Gasteiger partial charge in [-0.2, -0.15) is 0 Å². The summed E-state index contributed by atoms with van der Waals surface area (Å²) in [7, 11) is 0. The van der Waals surface area contributed by atoms with E-state index in [2.05, 4.69) is 52.1 Å². The standard InChI is InChI=1S/C18H21N3OS3/c1-14-5-2-6-15(13-14)22-10-4-12-24-18-21-20-17(25-18)19-9-8-16-7-3-11-23-16/h2-3,5-7,11,13H,4,8-10,12H2,1H3,(H,19,20). The molecule has 2 heterocycles. The molecule has 0 aliphatic rings. The average Bonchev–Trinajstić information content (AvgIpc) is 3.27. The number of anilines is 1. The number of aromatic nitrogens is 2. The third-order valence-corrected chi connectivity index (χ3v) is 6.44. The molecule has 0 spiro atoms. The Labute approximate surface area is 160 Å². The monoisotopic (exact) mass is 391 g/mol. The van der Waals surface area contributed by atoms with Gasteiger partial charge in [0.15, 0.2) is 4.34 Å². The van der Waals surface area contributed by atoms with Gasteiger partial charge in [0.2, 0.25) is 5.13 Å². The summed E-state index contributed by atoms with van der Waals surface area (Å²) in [6, 6.07) is 12.4. The van der Waals surface area contributed by atoms with E-state index in [1.807, 2.05) is 12.1 Å². The Hall–Kier alpha value is -1.57. The second-order valence-electron chi connectivity index (χ2n) is 5.50. The minimum atomic E-state index is 0.723. The minimum Gasteiger partial charge on any atom is -0.494 e. The van der Waals surface area contributed by atoms with E-state index in [1.54, 1.807) is 34.4 Å². The van der Waals surface area contributed by atoms with Crippen LogP contribution in [0.3, 0.4) is 0 Å². The first kappa shape index (κ1) is 18.2. The predicted octanol–water partition coefficient (Wildman–Crippen LogP) is 5.12. The fourth-order valence-electron chi connectivity index (χ4n) is 2.20. The van der Waals surface area contributed by atoms with Crippen LogP contribution in [-0.4, -0.2) is 29.1 Å². The molecule has 0 amide bonds. The van der Waals surface area contributed by atoms with Crippen molar-refractivity contribution in [2.45, 2.75) is 24.1 Å². The quantitative estimate of drug-likeness (QED) is 0.384. The minimum absolute atomic E-state index is 0.723. The zero-order chi connectivity index (χ0) is 17.3. The molecule has 0 radical (unpaired) electrons. The molecule has 1 N–H and O–H groups in total. The molecule has 0 saturated carbocycles. The number of hydrogen-bond acceptors (Lipinski definition) is 7. The number of thiophene rings is 1. The molecule has 0 atom stereocenters. The van der Waals surface area contributed by atoms with E-state index in [0.717, 1.165) is 47.0 Å². The lowest BCUT2D eigenvalue weighted by Crippen LogP contribution is -2.03. The zero-order valence-corrected chi connectivity index (χ0v) is 16.6. The zero-order valence-electron chi connectivity index (χ0n) is 14.1. The van der Waals surface area contributed by atoms with Gasteiger partial charge in [0.05, 0.1) is 6.61 Å². The summed E-state index contributed by atoms with van der Waals surface area (Å²) < 4.78 is 6.77. The summed E-state index contributed by atoms with van der Waals surface area (Å²) in [5.41, 5.74) is 1.22. The summed E-state index contributed by atoms with van der Waals surface area (Å²) in [6.07, 6.45) is 2.01. The highest BCUT2D eigenvalue weighted by molar-refractivity contribution is 8.01. The molecule has 3 rings (SSSR count). The van der Waals surface area contributed by atoms with Crippen LogP contribution in [-0.2, 0) is 6.42 Å². The maximum absolute atomic E-state index is 5.76. The van der Waals surface area contributed by atoms with E-state index in [-0.39, 0.29) is 0 Å². The Morgan fingerprint density at radius 2 is 2.16 bits per heavy atom. The molecule has 0 aliphatic heterocycles. The van der Waals surface area contributed by atoms with Crippen LogP contribution in [0.5, 0.6) is 5.75 Å². The number of hydrogen-bond donors (Lipinski definition) is 1. The van der Waals surface area contributed by atoms with Gasteiger partial charge in [0.25, 0.3) is 0 Å². The second kappa shape index (κ2) is 9.79. The Bertz CT molecular complexity index is 759. The third kappa shape index (κ3) is 6.34. The third-order valence-electron chi connectivity index (χ3n) is 3.41. The largest absolute Gasteiger partial charge is 0.494 e. The first-order valence-electron chi connectivity index (χ1n) is 8.21.